The standard InChI is InChI=1S/C15H12N2OS/c18-15(17-9-11-5-3-4-8-16-11)13-10-19-14-7-2-1-6-12(13)14/h1-8,10H,9H2,(H,17,18). The Kier molecular flexibility index (Phi) is 3.25. The number of aromatic nitrogens is 1. The van der Waals surface area contributed by atoms with Crippen LogP contribution in [0.4, 0.5) is 0 Å². The van der Waals surface area contributed by atoms with E-state index in [0.717, 1.165) is 21.3 Å². The van der Waals surface area contributed by atoms with Gasteiger partial charge in [-0.05, 0) is 18.2 Å². The molecule has 0 saturated heterocycles. The van der Waals surface area contributed by atoms with Gasteiger partial charge in [0.1, 0.15) is 0 Å². The van der Waals surface area contributed by atoms with Crippen LogP contribution in [0.3, 0.4) is 0 Å². The van der Waals surface area contributed by atoms with Crippen molar-refractivity contribution in [2.45, 2.75) is 6.54 Å². The van der Waals surface area contributed by atoms with Crippen LogP contribution in [0.2, 0.25) is 0 Å². The van der Waals surface area contributed by atoms with E-state index in [-0.39, 0.29) is 5.91 Å². The quantitative estimate of drug-likeness (QED) is 0.792. The van der Waals surface area contributed by atoms with Gasteiger partial charge < -0.3 is 5.32 Å². The van der Waals surface area contributed by atoms with Crippen molar-refractivity contribution in [1.29, 1.82) is 0 Å². The topological polar surface area (TPSA) is 42.0 Å². The first-order chi connectivity index (χ1) is 9.34. The van der Waals surface area contributed by atoms with Crippen LogP contribution in [-0.4, -0.2) is 10.9 Å². The summed E-state index contributed by atoms with van der Waals surface area (Å²) in [7, 11) is 0. The van der Waals surface area contributed by atoms with Crippen molar-refractivity contribution in [3.63, 3.8) is 0 Å². The number of pyridine rings is 1. The Morgan fingerprint density at radius 2 is 2.00 bits per heavy atom. The van der Waals surface area contributed by atoms with Crippen molar-refractivity contribution in [3.05, 3.63) is 65.3 Å². The van der Waals surface area contributed by atoms with E-state index >= 15 is 0 Å². The molecule has 19 heavy (non-hydrogen) atoms. The first kappa shape index (κ1) is 11.9. The molecule has 1 amide bonds. The lowest BCUT2D eigenvalue weighted by Crippen LogP contribution is -2.22. The van der Waals surface area contributed by atoms with Crippen molar-refractivity contribution < 1.29 is 4.79 Å². The van der Waals surface area contributed by atoms with Crippen LogP contribution in [0.15, 0.2) is 54.0 Å². The molecule has 0 unspecified atom stereocenters. The van der Waals surface area contributed by atoms with Crippen LogP contribution in [0, 0.1) is 0 Å². The summed E-state index contributed by atoms with van der Waals surface area (Å²) in [4.78, 5) is 16.3. The van der Waals surface area contributed by atoms with Crippen LogP contribution in [-0.2, 0) is 6.54 Å². The van der Waals surface area contributed by atoms with Gasteiger partial charge in [0.05, 0.1) is 17.8 Å². The Hall–Kier alpha value is -2.20. The number of rotatable bonds is 3. The molecular formula is C15H12N2OS. The van der Waals surface area contributed by atoms with E-state index in [1.54, 1.807) is 17.5 Å². The first-order valence-corrected chi connectivity index (χ1v) is 6.87. The molecule has 2 aromatic heterocycles. The number of amides is 1. The van der Waals surface area contributed by atoms with E-state index in [2.05, 4.69) is 10.3 Å². The van der Waals surface area contributed by atoms with Crippen molar-refractivity contribution in [1.82, 2.24) is 10.3 Å². The zero-order chi connectivity index (χ0) is 13.1. The minimum Gasteiger partial charge on any atom is -0.346 e. The van der Waals surface area contributed by atoms with E-state index in [4.69, 9.17) is 0 Å². The third-order valence-electron chi connectivity index (χ3n) is 2.88. The Morgan fingerprint density at radius 3 is 2.84 bits per heavy atom. The lowest BCUT2D eigenvalue weighted by molar-refractivity contribution is 0.0952. The fraction of sp³-hybridized carbons (Fsp3) is 0.0667. The molecule has 1 aromatic carbocycles. The molecule has 3 nitrogen and oxygen atoms in total. The molecular weight excluding hydrogens is 256 g/mol. The van der Waals surface area contributed by atoms with Gasteiger partial charge in [-0.15, -0.1) is 11.3 Å². The monoisotopic (exact) mass is 268 g/mol. The first-order valence-electron chi connectivity index (χ1n) is 5.99. The molecule has 0 aliphatic carbocycles. The number of thiophene rings is 1. The summed E-state index contributed by atoms with van der Waals surface area (Å²) in [6.07, 6.45) is 1.72. The lowest BCUT2D eigenvalue weighted by atomic mass is 10.1. The van der Waals surface area contributed by atoms with Gasteiger partial charge in [-0.1, -0.05) is 24.3 Å². The third-order valence-corrected chi connectivity index (χ3v) is 3.85. The zero-order valence-corrected chi connectivity index (χ0v) is 11.0. The fourth-order valence-electron chi connectivity index (χ4n) is 1.92. The molecule has 0 aliphatic rings. The lowest BCUT2D eigenvalue weighted by Gasteiger charge is -2.03. The Balaban J connectivity index is 1.77. The van der Waals surface area contributed by atoms with E-state index in [9.17, 15) is 4.79 Å². The van der Waals surface area contributed by atoms with Gasteiger partial charge in [-0.3, -0.25) is 9.78 Å². The van der Waals surface area contributed by atoms with Crippen molar-refractivity contribution >= 4 is 27.3 Å². The second-order valence-corrected chi connectivity index (χ2v) is 5.06. The molecule has 0 saturated carbocycles. The van der Waals surface area contributed by atoms with Crippen molar-refractivity contribution in [3.8, 4) is 0 Å². The smallest absolute Gasteiger partial charge is 0.253 e. The predicted octanol–water partition coefficient (Wildman–Crippen LogP) is 3.23. The highest BCUT2D eigenvalue weighted by atomic mass is 32.1. The summed E-state index contributed by atoms with van der Waals surface area (Å²) in [6.45, 7) is 0.448. The molecule has 0 fully saturated rings. The predicted molar refractivity (Wildman–Crippen MR) is 77.2 cm³/mol. The molecule has 0 spiro atoms. The molecule has 0 atom stereocenters. The number of nitrogens with one attached hydrogen (secondary N) is 1. The normalized spacial score (nSPS) is 10.5. The van der Waals surface area contributed by atoms with Gasteiger partial charge in [0.15, 0.2) is 0 Å². The summed E-state index contributed by atoms with van der Waals surface area (Å²) in [5.74, 6) is -0.0527. The van der Waals surface area contributed by atoms with Crippen LogP contribution >= 0.6 is 11.3 Å². The average molecular weight is 268 g/mol. The van der Waals surface area contributed by atoms with Gasteiger partial charge in [-0.2, -0.15) is 0 Å². The third kappa shape index (κ3) is 2.48. The number of nitrogens with zero attached hydrogens (tertiary/aromatic N) is 1. The van der Waals surface area contributed by atoms with Crippen LogP contribution < -0.4 is 5.32 Å². The maximum absolute atomic E-state index is 12.2. The molecule has 3 rings (SSSR count). The summed E-state index contributed by atoms with van der Waals surface area (Å²) >= 11 is 1.59. The summed E-state index contributed by atoms with van der Waals surface area (Å²) in [5, 5.41) is 5.81. The van der Waals surface area contributed by atoms with Crippen molar-refractivity contribution in [2.75, 3.05) is 0 Å². The maximum Gasteiger partial charge on any atom is 0.253 e. The highest BCUT2D eigenvalue weighted by molar-refractivity contribution is 7.17. The van der Waals surface area contributed by atoms with Crippen LogP contribution in [0.5, 0.6) is 0 Å². The second kappa shape index (κ2) is 5.20. The van der Waals surface area contributed by atoms with Crippen molar-refractivity contribution in [2.24, 2.45) is 0 Å². The number of benzene rings is 1. The van der Waals surface area contributed by atoms with Crippen LogP contribution in [0.1, 0.15) is 16.1 Å². The molecule has 0 bridgehead atoms. The SMILES string of the molecule is O=C(NCc1ccccn1)c1csc2ccccc12. The van der Waals surface area contributed by atoms with Gasteiger partial charge >= 0.3 is 0 Å². The molecule has 0 aliphatic heterocycles. The molecule has 0 radical (unpaired) electrons. The van der Waals surface area contributed by atoms with Gasteiger partial charge in [0.2, 0.25) is 0 Å². The minimum atomic E-state index is -0.0527. The van der Waals surface area contributed by atoms with E-state index in [1.165, 1.54) is 0 Å². The van der Waals surface area contributed by atoms with Gasteiger partial charge in [-0.25, -0.2) is 0 Å². The van der Waals surface area contributed by atoms with E-state index in [1.807, 2.05) is 47.8 Å². The molecule has 3 aromatic rings. The largest absolute Gasteiger partial charge is 0.346 e. The van der Waals surface area contributed by atoms with Crippen LogP contribution in [0.25, 0.3) is 10.1 Å². The highest BCUT2D eigenvalue weighted by Crippen LogP contribution is 2.25. The van der Waals surface area contributed by atoms with E-state index in [0.29, 0.717) is 6.54 Å². The minimum absolute atomic E-state index is 0.0527. The average Bonchev–Trinajstić information content (AvgIpc) is 2.90. The Bertz CT molecular complexity index is 706. The number of carbonyl (C=O) groups excluding carboxylic acids is 1. The molecule has 4 heteroatoms. The molecule has 1 N–H and O–H groups in total. The zero-order valence-electron chi connectivity index (χ0n) is 10.2. The Morgan fingerprint density at radius 1 is 1.16 bits per heavy atom. The van der Waals surface area contributed by atoms with E-state index < -0.39 is 0 Å². The number of carbonyl (C=O) groups is 1. The van der Waals surface area contributed by atoms with Gasteiger partial charge in [0, 0.05) is 21.7 Å². The summed E-state index contributed by atoms with van der Waals surface area (Å²) in [5.41, 5.74) is 1.59. The Labute approximate surface area is 114 Å². The highest BCUT2D eigenvalue weighted by Gasteiger charge is 2.11. The molecule has 94 valence electrons. The van der Waals surface area contributed by atoms with Gasteiger partial charge in [0.25, 0.3) is 5.91 Å². The molecule has 2 heterocycles. The maximum atomic E-state index is 12.2. The fourth-order valence-corrected chi connectivity index (χ4v) is 2.86. The second-order valence-electron chi connectivity index (χ2n) is 4.15. The number of hydrogen-bond donors (Lipinski definition) is 1. The number of hydrogen-bond acceptors (Lipinski definition) is 3. The summed E-state index contributed by atoms with van der Waals surface area (Å²) < 4.78 is 1.13. The number of fused-ring (bicyclic) bond motifs is 1. The summed E-state index contributed by atoms with van der Waals surface area (Å²) in [6, 6.07) is 13.6.